The fraction of sp³-hybridized carbons (Fsp3) is 0.895. The molecular formula is C19H35BN2O4S. The van der Waals surface area contributed by atoms with Gasteiger partial charge in [0.05, 0.1) is 0 Å². The van der Waals surface area contributed by atoms with Crippen molar-refractivity contribution < 1.29 is 24.2 Å². The van der Waals surface area contributed by atoms with Crippen LogP contribution in [0.2, 0.25) is 11.6 Å². The van der Waals surface area contributed by atoms with Crippen molar-refractivity contribution in [2.45, 2.75) is 101 Å². The highest BCUT2D eigenvalue weighted by atomic mass is 32.1. The third-order valence-corrected chi connectivity index (χ3v) is 7.06. The maximum absolute atomic E-state index is 12.6. The zero-order valence-corrected chi connectivity index (χ0v) is 17.8. The molecule has 8 heteroatoms. The molecule has 27 heavy (non-hydrogen) atoms. The molecule has 0 aromatic carbocycles. The lowest BCUT2D eigenvalue weighted by molar-refractivity contribution is -0.560. The van der Waals surface area contributed by atoms with Gasteiger partial charge in [-0.1, -0.05) is 50.2 Å². The van der Waals surface area contributed by atoms with E-state index in [1.807, 2.05) is 20.8 Å². The standard InChI is InChI=1S/C19H35BN2O4S/c1-19(2,3)25-18(24)21-12-15(27)10-11-16-17(23)26-20(22-16)13-6-4-7-14(20)9-5-8-13/h13-16,27H,4-12,22H2,1-3H3,(H,21,24). The van der Waals surface area contributed by atoms with Crippen LogP contribution >= 0.6 is 12.6 Å². The Bertz CT molecular complexity index is 546. The monoisotopic (exact) mass is 398 g/mol. The van der Waals surface area contributed by atoms with Crippen molar-refractivity contribution in [3.8, 4) is 0 Å². The fourth-order valence-corrected chi connectivity index (χ4v) is 5.72. The second-order valence-corrected chi connectivity index (χ2v) is 10.4. The van der Waals surface area contributed by atoms with Gasteiger partial charge in [0.15, 0.2) is 0 Å². The second-order valence-electron chi connectivity index (χ2n) is 9.72. The third-order valence-electron chi connectivity index (χ3n) is 6.62. The van der Waals surface area contributed by atoms with Gasteiger partial charge < -0.3 is 19.9 Å². The zero-order chi connectivity index (χ0) is 19.7. The summed E-state index contributed by atoms with van der Waals surface area (Å²) in [6.45, 7) is 4.88. The van der Waals surface area contributed by atoms with Crippen LogP contribution in [0.3, 0.4) is 0 Å². The number of nitrogens with one attached hydrogen (secondary N) is 1. The highest BCUT2D eigenvalue weighted by Crippen LogP contribution is 2.51. The van der Waals surface area contributed by atoms with Gasteiger partial charge in [-0.2, -0.15) is 12.6 Å². The number of amides is 1. The summed E-state index contributed by atoms with van der Waals surface area (Å²) in [5, 5.41) is 5.05. The maximum atomic E-state index is 12.6. The number of alkyl carbamates (subject to hydrolysis) is 1. The van der Waals surface area contributed by atoms with E-state index in [1.165, 1.54) is 38.5 Å². The van der Waals surface area contributed by atoms with Crippen molar-refractivity contribution in [1.29, 1.82) is 0 Å². The molecule has 6 nitrogen and oxygen atoms in total. The van der Waals surface area contributed by atoms with Gasteiger partial charge in [0.2, 0.25) is 0 Å². The Morgan fingerprint density at radius 1 is 1.30 bits per heavy atom. The molecule has 3 fully saturated rings. The lowest BCUT2D eigenvalue weighted by Crippen LogP contribution is -3.03. The van der Waals surface area contributed by atoms with Crippen molar-refractivity contribution in [3.05, 3.63) is 0 Å². The molecule has 1 spiro atoms. The Kier molecular flexibility index (Phi) is 6.36. The number of ether oxygens (including phenoxy) is 1. The number of hydrogen-bond acceptors (Lipinski definition) is 5. The van der Waals surface area contributed by atoms with Crippen molar-refractivity contribution in [1.82, 2.24) is 5.32 Å². The Morgan fingerprint density at radius 2 is 1.89 bits per heavy atom. The molecule has 0 aromatic heterocycles. The summed E-state index contributed by atoms with van der Waals surface area (Å²) in [4.78, 5) is 24.3. The van der Waals surface area contributed by atoms with E-state index in [0.717, 1.165) is 12.8 Å². The molecule has 154 valence electrons. The fourth-order valence-electron chi connectivity index (χ4n) is 5.48. The number of carbonyl (C=O) groups excluding carboxylic acids is 2. The summed E-state index contributed by atoms with van der Waals surface area (Å²) < 4.78 is 11.3. The van der Waals surface area contributed by atoms with Crippen LogP contribution in [0.4, 0.5) is 4.79 Å². The normalized spacial score (nSPS) is 34.2. The van der Waals surface area contributed by atoms with Gasteiger partial charge in [-0.15, -0.1) is 0 Å². The van der Waals surface area contributed by atoms with E-state index in [4.69, 9.17) is 9.39 Å². The Labute approximate surface area is 168 Å². The molecule has 3 aliphatic heterocycles. The van der Waals surface area contributed by atoms with Crippen LogP contribution in [-0.4, -0.2) is 42.0 Å². The molecule has 0 radical (unpaired) electrons. The van der Waals surface area contributed by atoms with Crippen molar-refractivity contribution >= 4 is 31.2 Å². The molecule has 3 rings (SSSR count). The minimum atomic E-state index is -1.07. The molecule has 3 saturated heterocycles. The number of rotatable bonds is 5. The van der Waals surface area contributed by atoms with Crippen LogP contribution in [0, 0.1) is 0 Å². The summed E-state index contributed by atoms with van der Waals surface area (Å²) in [5.41, 5.74) is -0.507. The van der Waals surface area contributed by atoms with Crippen molar-refractivity contribution in [3.63, 3.8) is 0 Å². The number of carbonyl (C=O) groups is 2. The van der Waals surface area contributed by atoms with Crippen LogP contribution in [0.1, 0.15) is 72.1 Å². The predicted octanol–water partition coefficient (Wildman–Crippen LogP) is 2.63. The zero-order valence-electron chi connectivity index (χ0n) is 16.9. The largest absolute Gasteiger partial charge is 0.634 e. The molecule has 0 saturated carbocycles. The van der Waals surface area contributed by atoms with E-state index in [1.54, 1.807) is 0 Å². The van der Waals surface area contributed by atoms with Crippen LogP contribution in [0.5, 0.6) is 0 Å². The average Bonchev–Trinajstić information content (AvgIpc) is 2.85. The minimum absolute atomic E-state index is 0.00590. The van der Waals surface area contributed by atoms with E-state index in [-0.39, 0.29) is 17.3 Å². The summed E-state index contributed by atoms with van der Waals surface area (Å²) in [6, 6.07) is -0.109. The summed E-state index contributed by atoms with van der Waals surface area (Å²) in [5.74, 6) is 1.12. The average molecular weight is 398 g/mol. The molecule has 2 atom stereocenters. The molecule has 0 aliphatic carbocycles. The van der Waals surface area contributed by atoms with E-state index < -0.39 is 18.2 Å². The quantitative estimate of drug-likeness (QED) is 0.491. The smallest absolute Gasteiger partial charge is 0.407 e. The lowest BCUT2D eigenvalue weighted by Gasteiger charge is -2.50. The van der Waals surface area contributed by atoms with E-state index in [0.29, 0.717) is 18.2 Å². The summed E-state index contributed by atoms with van der Waals surface area (Å²) >= 11 is 4.57. The first-order valence-electron chi connectivity index (χ1n) is 10.6. The van der Waals surface area contributed by atoms with Crippen LogP contribution in [-0.2, 0) is 14.2 Å². The lowest BCUT2D eigenvalue weighted by atomic mass is 9.28. The van der Waals surface area contributed by atoms with Gasteiger partial charge in [0.1, 0.15) is 11.6 Å². The van der Waals surface area contributed by atoms with Gasteiger partial charge in [0.25, 0.3) is 0 Å². The van der Waals surface area contributed by atoms with E-state index in [2.05, 4.69) is 23.2 Å². The molecule has 2 unspecified atom stereocenters. The third kappa shape index (κ3) is 4.94. The van der Waals surface area contributed by atoms with Gasteiger partial charge in [0, 0.05) is 18.2 Å². The second kappa shape index (κ2) is 8.23. The SMILES string of the molecule is CC(C)(C)OC(=O)NCC(S)CCC1[NH2+][B-]2(OC1=O)C1CCCC2CCC1. The summed E-state index contributed by atoms with van der Waals surface area (Å²) in [7, 11) is 0. The first kappa shape index (κ1) is 20.8. The summed E-state index contributed by atoms with van der Waals surface area (Å²) in [6.07, 6.45) is 8.48. The van der Waals surface area contributed by atoms with Crippen molar-refractivity contribution in [2.75, 3.05) is 6.54 Å². The van der Waals surface area contributed by atoms with Gasteiger partial charge in [-0.25, -0.2) is 4.79 Å². The Hall–Kier alpha value is -0.885. The van der Waals surface area contributed by atoms with E-state index in [9.17, 15) is 9.59 Å². The maximum Gasteiger partial charge on any atom is 0.407 e. The highest BCUT2D eigenvalue weighted by Gasteiger charge is 2.59. The number of hydrogen-bond donors (Lipinski definition) is 3. The van der Waals surface area contributed by atoms with Crippen molar-refractivity contribution in [2.24, 2.45) is 0 Å². The first-order valence-corrected chi connectivity index (χ1v) is 11.1. The Morgan fingerprint density at radius 3 is 2.44 bits per heavy atom. The number of thiol groups is 1. The molecule has 3 aliphatic rings. The van der Waals surface area contributed by atoms with Gasteiger partial charge in [-0.3, -0.25) is 4.79 Å². The van der Waals surface area contributed by atoms with Gasteiger partial charge >= 0.3 is 18.5 Å². The van der Waals surface area contributed by atoms with Crippen LogP contribution in [0.15, 0.2) is 0 Å². The molecule has 3 N–H and O–H groups in total. The van der Waals surface area contributed by atoms with E-state index >= 15 is 0 Å². The Balaban J connectivity index is 1.46. The van der Waals surface area contributed by atoms with Crippen LogP contribution in [0.25, 0.3) is 0 Å². The topological polar surface area (TPSA) is 81.2 Å². The highest BCUT2D eigenvalue weighted by molar-refractivity contribution is 7.81. The number of quaternary nitrogens is 1. The minimum Gasteiger partial charge on any atom is -0.634 e. The molecule has 1 amide bonds. The molecule has 0 aromatic rings. The predicted molar refractivity (Wildman–Crippen MR) is 109 cm³/mol. The van der Waals surface area contributed by atoms with Crippen LogP contribution < -0.4 is 10.5 Å². The molecule has 3 heterocycles. The van der Waals surface area contributed by atoms with Gasteiger partial charge in [-0.05, 0) is 27.2 Å². The molecule has 2 bridgehead atoms. The number of nitrogens with two attached hydrogens (primary N) is 1. The first-order chi connectivity index (χ1) is 12.7. The molecular weight excluding hydrogens is 363 g/mol.